The molecule has 2 unspecified atom stereocenters. The van der Waals surface area contributed by atoms with E-state index >= 15 is 0 Å². The van der Waals surface area contributed by atoms with Crippen molar-refractivity contribution >= 4 is 15.8 Å². The van der Waals surface area contributed by atoms with Gasteiger partial charge in [-0.2, -0.15) is 0 Å². The minimum Gasteiger partial charge on any atom is -0.357 e. The summed E-state index contributed by atoms with van der Waals surface area (Å²) >= 11 is 0. The molecule has 0 saturated carbocycles. The number of rotatable bonds is 8. The monoisotopic (exact) mass is 380 g/mol. The van der Waals surface area contributed by atoms with E-state index in [9.17, 15) is 8.42 Å². The van der Waals surface area contributed by atoms with E-state index in [1.54, 1.807) is 0 Å². The summed E-state index contributed by atoms with van der Waals surface area (Å²) in [6.45, 7) is 9.62. The summed E-state index contributed by atoms with van der Waals surface area (Å²) < 4.78 is 23.4. The highest BCUT2D eigenvalue weighted by Crippen LogP contribution is 2.20. The van der Waals surface area contributed by atoms with Crippen LogP contribution in [0.2, 0.25) is 0 Å². The maximum atomic E-state index is 11.7. The van der Waals surface area contributed by atoms with Gasteiger partial charge in [-0.25, -0.2) is 8.42 Å². The lowest BCUT2D eigenvalue weighted by atomic mass is 10.1. The van der Waals surface area contributed by atoms with Crippen molar-refractivity contribution in [3.05, 3.63) is 35.9 Å². The topological polar surface area (TPSA) is 73.8 Å². The Bertz CT molecular complexity index is 672. The second-order valence-electron chi connectivity index (χ2n) is 6.61. The summed E-state index contributed by atoms with van der Waals surface area (Å²) in [6, 6.07) is 10.6. The molecule has 1 aromatic rings. The highest BCUT2D eigenvalue weighted by atomic mass is 32.2. The van der Waals surface area contributed by atoms with E-state index in [0.717, 1.165) is 19.6 Å². The van der Waals surface area contributed by atoms with Gasteiger partial charge in [-0.15, -0.1) is 0 Å². The van der Waals surface area contributed by atoms with Crippen LogP contribution in [0.15, 0.2) is 35.3 Å². The second-order valence-corrected chi connectivity index (χ2v) is 8.84. The Kier molecular flexibility index (Phi) is 7.90. The number of hydrogen-bond donors (Lipinski definition) is 2. The Morgan fingerprint density at radius 3 is 2.46 bits per heavy atom. The van der Waals surface area contributed by atoms with Crippen molar-refractivity contribution < 1.29 is 8.42 Å². The van der Waals surface area contributed by atoms with Crippen molar-refractivity contribution in [1.82, 2.24) is 15.5 Å². The van der Waals surface area contributed by atoms with Crippen molar-refractivity contribution in [2.45, 2.75) is 39.3 Å². The molecule has 2 N–H and O–H groups in total. The Morgan fingerprint density at radius 1 is 1.23 bits per heavy atom. The van der Waals surface area contributed by atoms with Crippen molar-refractivity contribution in [2.24, 2.45) is 4.99 Å². The molecular formula is C19H32N4O2S. The molecule has 146 valence electrons. The van der Waals surface area contributed by atoms with Crippen LogP contribution in [-0.2, 0) is 9.84 Å². The molecular weight excluding hydrogens is 348 g/mol. The van der Waals surface area contributed by atoms with Crippen molar-refractivity contribution in [2.75, 3.05) is 37.7 Å². The zero-order valence-corrected chi connectivity index (χ0v) is 16.9. The molecule has 26 heavy (non-hydrogen) atoms. The van der Waals surface area contributed by atoms with Gasteiger partial charge >= 0.3 is 0 Å². The highest BCUT2D eigenvalue weighted by molar-refractivity contribution is 7.91. The Balaban J connectivity index is 2.13. The van der Waals surface area contributed by atoms with Gasteiger partial charge in [-0.3, -0.25) is 9.89 Å². The minimum atomic E-state index is -2.91. The zero-order chi connectivity index (χ0) is 19.0. The van der Waals surface area contributed by atoms with Gasteiger partial charge in [0, 0.05) is 12.6 Å². The van der Waals surface area contributed by atoms with Crippen molar-refractivity contribution in [1.29, 1.82) is 0 Å². The fraction of sp³-hybridized carbons (Fsp3) is 0.632. The number of sulfone groups is 1. The van der Waals surface area contributed by atoms with Crippen LogP contribution in [0.25, 0.3) is 0 Å². The predicted molar refractivity (Wildman–Crippen MR) is 108 cm³/mol. The fourth-order valence-electron chi connectivity index (χ4n) is 3.37. The van der Waals surface area contributed by atoms with Crippen molar-refractivity contribution in [3.8, 4) is 0 Å². The molecule has 0 spiro atoms. The van der Waals surface area contributed by atoms with E-state index in [1.807, 2.05) is 13.0 Å². The first-order valence-corrected chi connectivity index (χ1v) is 11.4. The first-order chi connectivity index (χ1) is 12.5. The molecule has 0 aromatic heterocycles. The number of nitrogens with zero attached hydrogens (tertiary/aromatic N) is 2. The number of hydrogen-bond acceptors (Lipinski definition) is 4. The van der Waals surface area contributed by atoms with Crippen molar-refractivity contribution in [3.63, 3.8) is 0 Å². The quantitative estimate of drug-likeness (QED) is 0.531. The Labute approximate surface area is 158 Å². The molecule has 1 fully saturated rings. The second kappa shape index (κ2) is 9.92. The standard InChI is InChI=1S/C19H32N4O2S/c1-4-20-19(22-17-12-13-26(24,25)15-17)21-14-18(23(5-2)6-3)16-10-8-7-9-11-16/h7-11,17-18H,4-6,12-15H2,1-3H3,(H2,20,21,22). The molecule has 2 rings (SSSR count). The number of aliphatic imine (C=N–C) groups is 1. The Hall–Kier alpha value is -1.60. The van der Waals surface area contributed by atoms with Gasteiger partial charge in [0.15, 0.2) is 15.8 Å². The smallest absolute Gasteiger partial charge is 0.191 e. The van der Waals surface area contributed by atoms with Crippen LogP contribution in [-0.4, -0.2) is 63.0 Å². The summed E-state index contributed by atoms with van der Waals surface area (Å²) in [7, 11) is -2.91. The van der Waals surface area contributed by atoms with Crippen LogP contribution < -0.4 is 10.6 Å². The summed E-state index contributed by atoms with van der Waals surface area (Å²) in [4.78, 5) is 7.17. The lowest BCUT2D eigenvalue weighted by Gasteiger charge is -2.29. The summed E-state index contributed by atoms with van der Waals surface area (Å²) in [5.41, 5.74) is 1.25. The van der Waals surface area contributed by atoms with Crippen LogP contribution in [0, 0.1) is 0 Å². The van der Waals surface area contributed by atoms with Gasteiger partial charge in [0.05, 0.1) is 24.1 Å². The van der Waals surface area contributed by atoms with Crippen LogP contribution in [0.1, 0.15) is 38.8 Å². The van der Waals surface area contributed by atoms with Gasteiger partial charge in [0.2, 0.25) is 0 Å². The summed E-state index contributed by atoms with van der Waals surface area (Å²) in [5.74, 6) is 1.15. The molecule has 1 aromatic carbocycles. The number of likely N-dealkylation sites (N-methyl/N-ethyl adjacent to an activating group) is 1. The highest BCUT2D eigenvalue weighted by Gasteiger charge is 2.28. The molecule has 0 bridgehead atoms. The molecule has 6 nitrogen and oxygen atoms in total. The number of guanidine groups is 1. The van der Waals surface area contributed by atoms with Crippen LogP contribution in [0.5, 0.6) is 0 Å². The average molecular weight is 381 g/mol. The maximum Gasteiger partial charge on any atom is 0.191 e. The molecule has 0 radical (unpaired) electrons. The molecule has 1 saturated heterocycles. The average Bonchev–Trinajstić information content (AvgIpc) is 2.98. The summed E-state index contributed by atoms with van der Waals surface area (Å²) in [6.07, 6.45) is 0.644. The van der Waals surface area contributed by atoms with Crippen LogP contribution >= 0.6 is 0 Å². The van der Waals surface area contributed by atoms with Gasteiger partial charge in [-0.05, 0) is 32.0 Å². The third-order valence-corrected chi connectivity index (χ3v) is 6.55. The fourth-order valence-corrected chi connectivity index (χ4v) is 5.04. The van der Waals surface area contributed by atoms with E-state index in [4.69, 9.17) is 4.99 Å². The first kappa shape index (κ1) is 20.7. The minimum absolute atomic E-state index is 0.0542. The molecule has 1 heterocycles. The van der Waals surface area contributed by atoms with E-state index in [2.05, 4.69) is 53.6 Å². The third-order valence-electron chi connectivity index (χ3n) is 4.78. The molecule has 0 aliphatic carbocycles. The van der Waals surface area contributed by atoms with Gasteiger partial charge < -0.3 is 10.6 Å². The van der Waals surface area contributed by atoms with Gasteiger partial charge in [0.1, 0.15) is 0 Å². The van der Waals surface area contributed by atoms with Crippen LogP contribution in [0.3, 0.4) is 0 Å². The number of benzene rings is 1. The predicted octanol–water partition coefficient (Wildman–Crippen LogP) is 1.81. The Morgan fingerprint density at radius 2 is 1.92 bits per heavy atom. The molecule has 2 atom stereocenters. The molecule has 7 heteroatoms. The third kappa shape index (κ3) is 5.99. The maximum absolute atomic E-state index is 11.7. The van der Waals surface area contributed by atoms with E-state index in [1.165, 1.54) is 5.56 Å². The molecule has 1 aliphatic heterocycles. The summed E-state index contributed by atoms with van der Waals surface area (Å²) in [5, 5.41) is 6.54. The van der Waals surface area contributed by atoms with Crippen LogP contribution in [0.4, 0.5) is 0 Å². The van der Waals surface area contributed by atoms with E-state index in [0.29, 0.717) is 18.9 Å². The largest absolute Gasteiger partial charge is 0.357 e. The van der Waals surface area contributed by atoms with E-state index in [-0.39, 0.29) is 23.6 Å². The van der Waals surface area contributed by atoms with Gasteiger partial charge in [0.25, 0.3) is 0 Å². The SMILES string of the molecule is CCNC(=NCC(c1ccccc1)N(CC)CC)NC1CCS(=O)(=O)C1. The van der Waals surface area contributed by atoms with E-state index < -0.39 is 9.84 Å². The lowest BCUT2D eigenvalue weighted by Crippen LogP contribution is -2.44. The zero-order valence-electron chi connectivity index (χ0n) is 16.1. The van der Waals surface area contributed by atoms with Gasteiger partial charge in [-0.1, -0.05) is 44.2 Å². The molecule has 0 amide bonds. The number of nitrogens with one attached hydrogen (secondary N) is 2. The first-order valence-electron chi connectivity index (χ1n) is 9.53. The molecule has 1 aliphatic rings. The normalized spacial score (nSPS) is 20.9. The lowest BCUT2D eigenvalue weighted by molar-refractivity contribution is 0.224.